The zero-order valence-corrected chi connectivity index (χ0v) is 14.7. The summed E-state index contributed by atoms with van der Waals surface area (Å²) in [6, 6.07) is 12.9. The molecule has 25 heavy (non-hydrogen) atoms. The highest BCUT2D eigenvalue weighted by molar-refractivity contribution is 6.10. The van der Waals surface area contributed by atoms with Crippen molar-refractivity contribution in [1.82, 2.24) is 0 Å². The van der Waals surface area contributed by atoms with Gasteiger partial charge in [-0.3, -0.25) is 4.79 Å². The van der Waals surface area contributed by atoms with Crippen LogP contribution >= 0.6 is 0 Å². The van der Waals surface area contributed by atoms with E-state index in [-0.39, 0.29) is 5.57 Å². The van der Waals surface area contributed by atoms with E-state index in [1.54, 1.807) is 25.3 Å². The number of ether oxygens (including phenoxy) is 2. The van der Waals surface area contributed by atoms with Gasteiger partial charge in [0.2, 0.25) is 0 Å². The van der Waals surface area contributed by atoms with E-state index in [2.05, 4.69) is 5.32 Å². The van der Waals surface area contributed by atoms with Gasteiger partial charge < -0.3 is 14.8 Å². The van der Waals surface area contributed by atoms with Crippen molar-refractivity contribution in [2.45, 2.75) is 13.8 Å². The van der Waals surface area contributed by atoms with Gasteiger partial charge >= 0.3 is 0 Å². The molecule has 0 spiro atoms. The fourth-order valence-corrected chi connectivity index (χ4v) is 2.45. The Labute approximate surface area is 147 Å². The second-order valence-corrected chi connectivity index (χ2v) is 5.51. The van der Waals surface area contributed by atoms with Crippen molar-refractivity contribution in [2.24, 2.45) is 0 Å². The zero-order chi connectivity index (χ0) is 18.4. The highest BCUT2D eigenvalue weighted by Gasteiger charge is 2.13. The molecule has 0 saturated heterocycles. The largest absolute Gasteiger partial charge is 0.493 e. The van der Waals surface area contributed by atoms with Crippen LogP contribution in [-0.4, -0.2) is 20.1 Å². The Hall–Kier alpha value is -3.26. The number of methoxy groups -OCH3 is 2. The van der Waals surface area contributed by atoms with E-state index in [9.17, 15) is 10.1 Å². The second kappa shape index (κ2) is 8.02. The molecular weight excluding hydrogens is 316 g/mol. The molecule has 128 valence electrons. The van der Waals surface area contributed by atoms with Crippen LogP contribution in [0.2, 0.25) is 0 Å². The summed E-state index contributed by atoms with van der Waals surface area (Å²) in [5.41, 5.74) is 3.29. The lowest BCUT2D eigenvalue weighted by Gasteiger charge is -2.11. The van der Waals surface area contributed by atoms with Gasteiger partial charge in [0, 0.05) is 5.69 Å². The van der Waals surface area contributed by atoms with Crippen molar-refractivity contribution in [3.63, 3.8) is 0 Å². The summed E-state index contributed by atoms with van der Waals surface area (Å²) >= 11 is 0. The van der Waals surface area contributed by atoms with Gasteiger partial charge in [0.25, 0.3) is 5.91 Å². The number of nitrogens with one attached hydrogen (secondary N) is 1. The molecule has 0 aliphatic carbocycles. The van der Waals surface area contributed by atoms with E-state index in [0.29, 0.717) is 17.1 Å². The number of nitrogens with zero attached hydrogens (tertiary/aromatic N) is 1. The Morgan fingerprint density at radius 1 is 1.08 bits per heavy atom. The molecule has 0 aliphatic heterocycles. The number of hydrogen-bond donors (Lipinski definition) is 1. The molecule has 0 fully saturated rings. The number of carbonyl (C=O) groups is 1. The molecule has 0 bridgehead atoms. The number of aryl methyl sites for hydroxylation is 2. The van der Waals surface area contributed by atoms with Gasteiger partial charge in [0.1, 0.15) is 11.6 Å². The average Bonchev–Trinajstić information content (AvgIpc) is 2.62. The van der Waals surface area contributed by atoms with Crippen molar-refractivity contribution in [1.29, 1.82) is 5.26 Å². The van der Waals surface area contributed by atoms with Gasteiger partial charge in [-0.2, -0.15) is 5.26 Å². The summed E-state index contributed by atoms with van der Waals surface area (Å²) in [5.74, 6) is 0.663. The monoisotopic (exact) mass is 336 g/mol. The Morgan fingerprint density at radius 2 is 1.72 bits per heavy atom. The van der Waals surface area contributed by atoms with Crippen LogP contribution in [0.1, 0.15) is 16.7 Å². The third-order valence-corrected chi connectivity index (χ3v) is 3.80. The lowest BCUT2D eigenvalue weighted by molar-refractivity contribution is -0.112. The summed E-state index contributed by atoms with van der Waals surface area (Å²) in [6.07, 6.45) is 1.52. The maximum atomic E-state index is 12.5. The van der Waals surface area contributed by atoms with Crippen LogP contribution < -0.4 is 14.8 Å². The molecule has 2 aromatic rings. The van der Waals surface area contributed by atoms with Gasteiger partial charge in [0.05, 0.1) is 14.2 Å². The molecule has 5 heteroatoms. The molecule has 0 atom stereocenters. The molecule has 2 aromatic carbocycles. The fourth-order valence-electron chi connectivity index (χ4n) is 2.45. The first-order valence-corrected chi connectivity index (χ1v) is 7.71. The fraction of sp³-hybridized carbons (Fsp3) is 0.200. The molecular formula is C20H20N2O3. The predicted molar refractivity (Wildman–Crippen MR) is 97.7 cm³/mol. The number of hydrogen-bond acceptors (Lipinski definition) is 4. The number of anilines is 1. The first kappa shape index (κ1) is 18.1. The van der Waals surface area contributed by atoms with E-state index in [4.69, 9.17) is 9.47 Å². The smallest absolute Gasteiger partial charge is 0.266 e. The Kier molecular flexibility index (Phi) is 5.80. The molecule has 2 rings (SSSR count). The summed E-state index contributed by atoms with van der Waals surface area (Å²) in [7, 11) is 3.08. The van der Waals surface area contributed by atoms with Crippen LogP contribution in [0.3, 0.4) is 0 Å². The van der Waals surface area contributed by atoms with Crippen LogP contribution in [-0.2, 0) is 4.79 Å². The maximum absolute atomic E-state index is 12.5. The van der Waals surface area contributed by atoms with E-state index in [1.807, 2.05) is 38.1 Å². The summed E-state index contributed by atoms with van der Waals surface area (Å²) in [5, 5.41) is 12.2. The molecule has 1 N–H and O–H groups in total. The molecule has 0 saturated carbocycles. The molecule has 0 heterocycles. The van der Waals surface area contributed by atoms with Crippen molar-refractivity contribution < 1.29 is 14.3 Å². The minimum Gasteiger partial charge on any atom is -0.493 e. The van der Waals surface area contributed by atoms with Gasteiger partial charge in [0.15, 0.2) is 11.5 Å². The first-order valence-electron chi connectivity index (χ1n) is 7.71. The first-order chi connectivity index (χ1) is 12.0. The van der Waals surface area contributed by atoms with Gasteiger partial charge in [-0.05, 0) is 48.7 Å². The summed E-state index contributed by atoms with van der Waals surface area (Å²) in [4.78, 5) is 12.5. The van der Waals surface area contributed by atoms with Crippen molar-refractivity contribution in [3.05, 3.63) is 58.7 Å². The Bertz CT molecular complexity index is 843. The Balaban J connectivity index is 2.31. The van der Waals surface area contributed by atoms with E-state index in [1.165, 1.54) is 13.2 Å². The normalized spacial score (nSPS) is 10.8. The third-order valence-electron chi connectivity index (χ3n) is 3.80. The second-order valence-electron chi connectivity index (χ2n) is 5.51. The molecule has 0 aliphatic rings. The van der Waals surface area contributed by atoms with Gasteiger partial charge in [-0.15, -0.1) is 0 Å². The minimum absolute atomic E-state index is 0.00914. The van der Waals surface area contributed by atoms with Crippen LogP contribution in [0.15, 0.2) is 42.0 Å². The van der Waals surface area contributed by atoms with E-state index in [0.717, 1.165) is 16.8 Å². The standard InChI is InChI=1S/C20H20N2O3/c1-13-6-5-7-14(2)19(13)22-20(23)16(12-21)10-15-8-9-17(24-3)18(11-15)25-4/h5-11H,1-4H3,(H,22,23)/b16-10+. The molecule has 0 radical (unpaired) electrons. The number of carbonyl (C=O) groups excluding carboxylic acids is 1. The van der Waals surface area contributed by atoms with Crippen LogP contribution in [0.25, 0.3) is 6.08 Å². The number of nitriles is 1. The maximum Gasteiger partial charge on any atom is 0.266 e. The van der Waals surface area contributed by atoms with Crippen LogP contribution in [0.4, 0.5) is 5.69 Å². The lowest BCUT2D eigenvalue weighted by Crippen LogP contribution is -2.15. The lowest BCUT2D eigenvalue weighted by atomic mass is 10.1. The van der Waals surface area contributed by atoms with Crippen molar-refractivity contribution in [3.8, 4) is 17.6 Å². The number of benzene rings is 2. The zero-order valence-electron chi connectivity index (χ0n) is 14.7. The molecule has 0 unspecified atom stereocenters. The van der Waals surface area contributed by atoms with E-state index >= 15 is 0 Å². The highest BCUT2D eigenvalue weighted by Crippen LogP contribution is 2.28. The van der Waals surface area contributed by atoms with Gasteiger partial charge in [-0.25, -0.2) is 0 Å². The number of para-hydroxylation sites is 1. The number of amides is 1. The van der Waals surface area contributed by atoms with Crippen molar-refractivity contribution in [2.75, 3.05) is 19.5 Å². The molecule has 1 amide bonds. The quantitative estimate of drug-likeness (QED) is 0.665. The summed E-state index contributed by atoms with van der Waals surface area (Å²) < 4.78 is 10.4. The molecule has 5 nitrogen and oxygen atoms in total. The molecule has 0 aromatic heterocycles. The van der Waals surface area contributed by atoms with E-state index < -0.39 is 5.91 Å². The van der Waals surface area contributed by atoms with Crippen LogP contribution in [0.5, 0.6) is 11.5 Å². The Morgan fingerprint density at radius 3 is 2.28 bits per heavy atom. The van der Waals surface area contributed by atoms with Gasteiger partial charge in [-0.1, -0.05) is 24.3 Å². The topological polar surface area (TPSA) is 71.3 Å². The van der Waals surface area contributed by atoms with Crippen molar-refractivity contribution >= 4 is 17.7 Å². The average molecular weight is 336 g/mol. The number of rotatable bonds is 5. The third kappa shape index (κ3) is 4.18. The summed E-state index contributed by atoms with van der Waals surface area (Å²) in [6.45, 7) is 3.82. The SMILES string of the molecule is COc1ccc(/C=C(\C#N)C(=O)Nc2c(C)cccc2C)cc1OC. The predicted octanol–water partition coefficient (Wildman–Crippen LogP) is 3.87. The highest BCUT2D eigenvalue weighted by atomic mass is 16.5. The van der Waals surface area contributed by atoms with Crippen LogP contribution in [0, 0.1) is 25.2 Å². The minimum atomic E-state index is -0.449.